The zero-order chi connectivity index (χ0) is 18.9. The zero-order valence-corrected chi connectivity index (χ0v) is 15.9. The monoisotopic (exact) mass is 415 g/mol. The van der Waals surface area contributed by atoms with Crippen LogP contribution < -0.4 is 15.4 Å². The predicted molar refractivity (Wildman–Crippen MR) is 101 cm³/mol. The first-order valence-electron chi connectivity index (χ1n) is 7.65. The minimum Gasteiger partial charge on any atom is -0.482 e. The minimum absolute atomic E-state index is 0.157. The smallest absolute Gasteiger partial charge is 0.257 e. The van der Waals surface area contributed by atoms with Crippen LogP contribution in [0.25, 0.3) is 0 Å². The summed E-state index contributed by atoms with van der Waals surface area (Å²) in [7, 11) is 0. The summed E-state index contributed by atoms with van der Waals surface area (Å²) in [6.07, 6.45) is 3.47. The van der Waals surface area contributed by atoms with Crippen LogP contribution in [-0.4, -0.2) is 29.9 Å². The van der Waals surface area contributed by atoms with Gasteiger partial charge in [0.2, 0.25) is 5.91 Å². The molecule has 0 aliphatic heterocycles. The van der Waals surface area contributed by atoms with Gasteiger partial charge in [-0.25, -0.2) is 0 Å². The van der Waals surface area contributed by atoms with E-state index in [-0.39, 0.29) is 47.2 Å². The normalized spacial score (nSPS) is 10.3. The molecule has 0 aliphatic carbocycles. The number of benzene rings is 1. The van der Waals surface area contributed by atoms with Crippen molar-refractivity contribution < 1.29 is 14.3 Å². The summed E-state index contributed by atoms with van der Waals surface area (Å²) in [6.45, 7) is 0.351. The SMILES string of the molecule is O=C(CCNC(=O)COc1cc(Cl)c(Cl)cc1Cl)NCc1ccncc1. The van der Waals surface area contributed by atoms with Gasteiger partial charge in [0, 0.05) is 38.0 Å². The molecular weight excluding hydrogens is 401 g/mol. The van der Waals surface area contributed by atoms with Gasteiger partial charge in [0.15, 0.2) is 6.61 Å². The van der Waals surface area contributed by atoms with Crippen molar-refractivity contribution in [3.05, 3.63) is 57.3 Å². The Balaban J connectivity index is 1.66. The lowest BCUT2D eigenvalue weighted by atomic mass is 10.2. The molecule has 0 aliphatic rings. The van der Waals surface area contributed by atoms with Crippen molar-refractivity contribution in [2.24, 2.45) is 0 Å². The molecule has 0 saturated carbocycles. The van der Waals surface area contributed by atoms with Crippen molar-refractivity contribution in [2.75, 3.05) is 13.2 Å². The molecule has 0 spiro atoms. The molecule has 2 aromatic rings. The van der Waals surface area contributed by atoms with Gasteiger partial charge in [0.05, 0.1) is 15.1 Å². The van der Waals surface area contributed by atoms with Gasteiger partial charge in [-0.2, -0.15) is 0 Å². The Bertz CT molecular complexity index is 773. The van der Waals surface area contributed by atoms with Crippen LogP contribution in [0.1, 0.15) is 12.0 Å². The largest absolute Gasteiger partial charge is 0.482 e. The molecule has 0 radical (unpaired) electrons. The molecule has 138 valence electrons. The Morgan fingerprint density at radius 3 is 2.38 bits per heavy atom. The Labute approximate surface area is 165 Å². The average Bonchev–Trinajstić information content (AvgIpc) is 2.63. The van der Waals surface area contributed by atoms with E-state index in [0.29, 0.717) is 11.6 Å². The Kier molecular flexibility index (Phi) is 7.97. The standard InChI is InChI=1S/C17H16Cl3N3O3/c18-12-7-14(20)15(8-13(12)19)26-10-17(25)22-6-3-16(24)23-9-11-1-4-21-5-2-11/h1-2,4-5,7-8H,3,6,9-10H2,(H,22,25)(H,23,24). The quantitative estimate of drug-likeness (QED) is 0.647. The van der Waals surface area contributed by atoms with Gasteiger partial charge in [-0.1, -0.05) is 34.8 Å². The number of carbonyl (C=O) groups excluding carboxylic acids is 2. The summed E-state index contributed by atoms with van der Waals surface area (Å²) in [6, 6.07) is 6.50. The maximum atomic E-state index is 11.8. The lowest BCUT2D eigenvalue weighted by molar-refractivity contribution is -0.123. The van der Waals surface area contributed by atoms with E-state index in [1.54, 1.807) is 12.4 Å². The molecule has 1 aromatic carbocycles. The van der Waals surface area contributed by atoms with E-state index in [1.165, 1.54) is 12.1 Å². The van der Waals surface area contributed by atoms with Crippen LogP contribution in [0.15, 0.2) is 36.7 Å². The van der Waals surface area contributed by atoms with Crippen molar-refractivity contribution >= 4 is 46.6 Å². The molecule has 0 saturated heterocycles. The molecule has 0 fully saturated rings. The molecular formula is C17H16Cl3N3O3. The first-order chi connectivity index (χ1) is 12.5. The summed E-state index contributed by atoms with van der Waals surface area (Å²) < 4.78 is 5.30. The third kappa shape index (κ3) is 6.71. The van der Waals surface area contributed by atoms with E-state index < -0.39 is 0 Å². The van der Waals surface area contributed by atoms with Gasteiger partial charge in [-0.15, -0.1) is 0 Å². The summed E-state index contributed by atoms with van der Waals surface area (Å²) in [5.41, 5.74) is 0.948. The summed E-state index contributed by atoms with van der Waals surface area (Å²) in [5.74, 6) is -0.295. The summed E-state index contributed by atoms with van der Waals surface area (Å²) in [5, 5.41) is 6.17. The van der Waals surface area contributed by atoms with Crippen LogP contribution in [0, 0.1) is 0 Å². The first kappa shape index (κ1) is 20.3. The van der Waals surface area contributed by atoms with E-state index >= 15 is 0 Å². The second-order valence-corrected chi connectivity index (χ2v) is 6.44. The topological polar surface area (TPSA) is 80.3 Å². The number of nitrogens with zero attached hydrogens (tertiary/aromatic N) is 1. The van der Waals surface area contributed by atoms with E-state index in [4.69, 9.17) is 39.5 Å². The van der Waals surface area contributed by atoms with Gasteiger partial charge in [0.25, 0.3) is 5.91 Å². The number of hydrogen-bond acceptors (Lipinski definition) is 4. The fourth-order valence-electron chi connectivity index (χ4n) is 1.91. The molecule has 1 aromatic heterocycles. The first-order valence-corrected chi connectivity index (χ1v) is 8.78. The second kappa shape index (κ2) is 10.2. The Morgan fingerprint density at radius 1 is 0.962 bits per heavy atom. The third-order valence-electron chi connectivity index (χ3n) is 3.25. The van der Waals surface area contributed by atoms with Gasteiger partial charge in [-0.3, -0.25) is 14.6 Å². The van der Waals surface area contributed by atoms with Gasteiger partial charge in [0.1, 0.15) is 5.75 Å². The predicted octanol–water partition coefficient (Wildman–Crippen LogP) is 3.24. The van der Waals surface area contributed by atoms with Gasteiger partial charge >= 0.3 is 0 Å². The lowest BCUT2D eigenvalue weighted by Crippen LogP contribution is -2.33. The molecule has 2 N–H and O–H groups in total. The highest BCUT2D eigenvalue weighted by atomic mass is 35.5. The fraction of sp³-hybridized carbons (Fsp3) is 0.235. The van der Waals surface area contributed by atoms with Crippen molar-refractivity contribution in [3.63, 3.8) is 0 Å². The Morgan fingerprint density at radius 2 is 1.65 bits per heavy atom. The highest BCUT2D eigenvalue weighted by Crippen LogP contribution is 2.33. The molecule has 26 heavy (non-hydrogen) atoms. The molecule has 0 unspecified atom stereocenters. The van der Waals surface area contributed by atoms with Crippen molar-refractivity contribution in [2.45, 2.75) is 13.0 Å². The molecule has 6 nitrogen and oxygen atoms in total. The highest BCUT2D eigenvalue weighted by molar-refractivity contribution is 6.43. The Hall–Kier alpha value is -2.02. The summed E-state index contributed by atoms with van der Waals surface area (Å²) in [4.78, 5) is 27.4. The number of amides is 2. The maximum Gasteiger partial charge on any atom is 0.257 e. The van der Waals surface area contributed by atoms with E-state index in [9.17, 15) is 9.59 Å². The molecule has 9 heteroatoms. The average molecular weight is 417 g/mol. The lowest BCUT2D eigenvalue weighted by Gasteiger charge is -2.10. The molecule has 2 rings (SSSR count). The number of ether oxygens (including phenoxy) is 1. The van der Waals surface area contributed by atoms with Crippen molar-refractivity contribution in [1.29, 1.82) is 0 Å². The third-order valence-corrected chi connectivity index (χ3v) is 4.26. The van der Waals surface area contributed by atoms with Crippen LogP contribution in [0.4, 0.5) is 0 Å². The number of rotatable bonds is 8. The van der Waals surface area contributed by atoms with Crippen molar-refractivity contribution in [1.82, 2.24) is 15.6 Å². The molecule has 0 bridgehead atoms. The van der Waals surface area contributed by atoms with Crippen LogP contribution in [0.2, 0.25) is 15.1 Å². The number of carbonyl (C=O) groups is 2. The number of aromatic nitrogens is 1. The van der Waals surface area contributed by atoms with Crippen LogP contribution in [-0.2, 0) is 16.1 Å². The van der Waals surface area contributed by atoms with E-state index in [2.05, 4.69) is 15.6 Å². The molecule has 1 heterocycles. The van der Waals surface area contributed by atoms with Crippen molar-refractivity contribution in [3.8, 4) is 5.75 Å². The highest BCUT2D eigenvalue weighted by Gasteiger charge is 2.10. The van der Waals surface area contributed by atoms with E-state index in [0.717, 1.165) is 5.56 Å². The molecule has 2 amide bonds. The number of hydrogen-bond donors (Lipinski definition) is 2. The number of nitrogens with one attached hydrogen (secondary N) is 2. The number of halogens is 3. The zero-order valence-electron chi connectivity index (χ0n) is 13.6. The second-order valence-electron chi connectivity index (χ2n) is 5.22. The minimum atomic E-state index is -0.380. The maximum absolute atomic E-state index is 11.8. The van der Waals surface area contributed by atoms with Gasteiger partial charge < -0.3 is 15.4 Å². The molecule has 0 atom stereocenters. The van der Waals surface area contributed by atoms with Crippen LogP contribution >= 0.6 is 34.8 Å². The van der Waals surface area contributed by atoms with Crippen LogP contribution in [0.3, 0.4) is 0 Å². The van der Waals surface area contributed by atoms with Gasteiger partial charge in [-0.05, 0) is 23.8 Å². The van der Waals surface area contributed by atoms with Crippen LogP contribution in [0.5, 0.6) is 5.75 Å². The van der Waals surface area contributed by atoms with E-state index in [1.807, 2.05) is 12.1 Å². The number of pyridine rings is 1. The summed E-state index contributed by atoms with van der Waals surface area (Å²) >= 11 is 17.7. The fourth-order valence-corrected chi connectivity index (χ4v) is 2.51.